The molecular formula is C25H30N4O6. The number of hydroxylamine groups is 1. The van der Waals surface area contributed by atoms with E-state index in [0.29, 0.717) is 30.7 Å². The third-order valence-electron chi connectivity index (χ3n) is 5.78. The highest BCUT2D eigenvalue weighted by atomic mass is 16.7. The predicted octanol–water partition coefficient (Wildman–Crippen LogP) is 2.40. The molecule has 10 nitrogen and oxygen atoms in total. The SMILES string of the molecule is CCOC(=O)CCCNOC(=O)C(CC=O)C1N=Cc2c(cn(C)c2C)N(c2ccccc2)C1=O. The normalized spacial score (nSPS) is 15.8. The van der Waals surface area contributed by atoms with Crippen LogP contribution >= 0.6 is 0 Å². The van der Waals surface area contributed by atoms with Crippen molar-refractivity contribution in [3.05, 3.63) is 47.8 Å². The molecule has 0 radical (unpaired) electrons. The van der Waals surface area contributed by atoms with Crippen LogP contribution in [0.1, 0.15) is 37.4 Å². The molecule has 10 heteroatoms. The fourth-order valence-corrected chi connectivity index (χ4v) is 3.85. The molecular weight excluding hydrogens is 452 g/mol. The lowest BCUT2D eigenvalue weighted by atomic mass is 9.96. The van der Waals surface area contributed by atoms with E-state index in [1.807, 2.05) is 42.9 Å². The maximum atomic E-state index is 13.8. The van der Waals surface area contributed by atoms with E-state index < -0.39 is 23.8 Å². The Labute approximate surface area is 203 Å². The summed E-state index contributed by atoms with van der Waals surface area (Å²) in [4.78, 5) is 60.6. The smallest absolute Gasteiger partial charge is 0.330 e. The van der Waals surface area contributed by atoms with Gasteiger partial charge in [-0.25, -0.2) is 4.79 Å². The van der Waals surface area contributed by atoms with E-state index in [0.717, 1.165) is 11.3 Å². The van der Waals surface area contributed by atoms with E-state index in [1.165, 1.54) is 4.90 Å². The standard InChI is InChI=1S/C25H30N4O6/c1-4-34-22(31)11-8-13-27-35-25(33)19(12-14-30)23-24(32)29(18-9-6-5-7-10-18)21-16-28(3)17(2)20(21)15-26-23/h5-7,9-10,14-16,19,23,27H,4,8,11-13H2,1-3H3. The minimum absolute atomic E-state index is 0.172. The zero-order valence-electron chi connectivity index (χ0n) is 20.1. The second kappa shape index (κ2) is 12.1. The molecule has 0 saturated heterocycles. The van der Waals surface area contributed by atoms with Crippen molar-refractivity contribution in [3.63, 3.8) is 0 Å². The van der Waals surface area contributed by atoms with Crippen molar-refractivity contribution in [2.24, 2.45) is 18.0 Å². The lowest BCUT2D eigenvalue weighted by Crippen LogP contribution is -2.43. The Balaban J connectivity index is 1.81. The van der Waals surface area contributed by atoms with Gasteiger partial charge < -0.3 is 18.9 Å². The summed E-state index contributed by atoms with van der Waals surface area (Å²) >= 11 is 0. The van der Waals surface area contributed by atoms with Crippen molar-refractivity contribution in [2.45, 2.75) is 39.2 Å². The van der Waals surface area contributed by atoms with Crippen LogP contribution in [-0.2, 0) is 35.8 Å². The van der Waals surface area contributed by atoms with Gasteiger partial charge in [0, 0.05) is 55.8 Å². The number of ether oxygens (including phenoxy) is 1. The largest absolute Gasteiger partial charge is 0.466 e. The summed E-state index contributed by atoms with van der Waals surface area (Å²) in [5.41, 5.74) is 5.42. The third kappa shape index (κ3) is 6.02. The number of rotatable bonds is 11. The number of hydrogen-bond acceptors (Lipinski definition) is 8. The van der Waals surface area contributed by atoms with E-state index in [9.17, 15) is 19.2 Å². The molecule has 2 aromatic rings. The summed E-state index contributed by atoms with van der Waals surface area (Å²) in [6, 6.07) is 7.91. The van der Waals surface area contributed by atoms with Gasteiger partial charge in [-0.05, 0) is 32.4 Å². The fraction of sp³-hybridized carbons (Fsp3) is 0.400. The minimum atomic E-state index is -1.16. The molecule has 2 heterocycles. The quantitative estimate of drug-likeness (QED) is 0.226. The van der Waals surface area contributed by atoms with Crippen molar-refractivity contribution in [1.82, 2.24) is 10.0 Å². The van der Waals surface area contributed by atoms with Crippen molar-refractivity contribution < 1.29 is 28.8 Å². The number of nitrogens with zero attached hydrogens (tertiary/aromatic N) is 3. The van der Waals surface area contributed by atoms with E-state index in [-0.39, 0.29) is 25.4 Å². The van der Waals surface area contributed by atoms with Gasteiger partial charge in [0.05, 0.1) is 18.2 Å². The van der Waals surface area contributed by atoms with Crippen LogP contribution in [0.4, 0.5) is 11.4 Å². The van der Waals surface area contributed by atoms with E-state index in [1.54, 1.807) is 25.3 Å². The molecule has 1 aliphatic rings. The Kier molecular flexibility index (Phi) is 8.91. The number of para-hydroxylation sites is 1. The molecule has 0 aliphatic carbocycles. The number of anilines is 2. The summed E-state index contributed by atoms with van der Waals surface area (Å²) in [6.45, 7) is 4.15. The molecule has 1 aliphatic heterocycles. The first-order valence-electron chi connectivity index (χ1n) is 11.5. The van der Waals surface area contributed by atoms with Gasteiger partial charge in [-0.3, -0.25) is 19.5 Å². The van der Waals surface area contributed by atoms with Crippen LogP contribution in [0.25, 0.3) is 0 Å². The molecule has 186 valence electrons. The molecule has 0 spiro atoms. The number of fused-ring (bicyclic) bond motifs is 1. The first kappa shape index (κ1) is 25.8. The number of hydrogen-bond donors (Lipinski definition) is 1. The average molecular weight is 483 g/mol. The third-order valence-corrected chi connectivity index (χ3v) is 5.78. The van der Waals surface area contributed by atoms with Gasteiger partial charge in [0.2, 0.25) is 0 Å². The molecule has 0 bridgehead atoms. The number of aldehydes is 1. The van der Waals surface area contributed by atoms with Crippen LogP contribution in [0.2, 0.25) is 0 Å². The summed E-state index contributed by atoms with van der Waals surface area (Å²) in [5.74, 6) is -2.68. The molecule has 3 rings (SSSR count). The van der Waals surface area contributed by atoms with Gasteiger partial charge in [0.25, 0.3) is 5.91 Å². The fourth-order valence-electron chi connectivity index (χ4n) is 3.85. The Morgan fingerprint density at radius 2 is 2.00 bits per heavy atom. The van der Waals surface area contributed by atoms with Gasteiger partial charge in [0.1, 0.15) is 12.3 Å². The van der Waals surface area contributed by atoms with Crippen LogP contribution in [0.15, 0.2) is 41.5 Å². The van der Waals surface area contributed by atoms with Gasteiger partial charge in [-0.2, -0.15) is 5.48 Å². The number of aliphatic imine (C=N–C) groups is 1. The first-order valence-corrected chi connectivity index (χ1v) is 11.5. The van der Waals surface area contributed by atoms with Crippen LogP contribution < -0.4 is 10.4 Å². The number of nitrogens with one attached hydrogen (secondary N) is 1. The topological polar surface area (TPSA) is 119 Å². The van der Waals surface area contributed by atoms with Crippen LogP contribution in [-0.4, -0.2) is 54.1 Å². The number of amides is 1. The van der Waals surface area contributed by atoms with E-state index >= 15 is 0 Å². The van der Waals surface area contributed by atoms with Gasteiger partial charge >= 0.3 is 11.9 Å². The Bertz CT molecular complexity index is 1090. The molecule has 1 aromatic carbocycles. The zero-order valence-corrected chi connectivity index (χ0v) is 20.1. The van der Waals surface area contributed by atoms with E-state index in [2.05, 4.69) is 10.5 Å². The average Bonchev–Trinajstić information content (AvgIpc) is 3.03. The van der Waals surface area contributed by atoms with Crippen molar-refractivity contribution in [2.75, 3.05) is 18.1 Å². The molecule has 2 atom stereocenters. The first-order chi connectivity index (χ1) is 16.9. The minimum Gasteiger partial charge on any atom is -0.466 e. The number of carbonyl (C=O) groups excluding carboxylic acids is 4. The zero-order chi connectivity index (χ0) is 25.4. The lowest BCUT2D eigenvalue weighted by molar-refractivity contribution is -0.158. The summed E-state index contributed by atoms with van der Waals surface area (Å²) in [5, 5.41) is 0. The Morgan fingerprint density at radius 1 is 1.26 bits per heavy atom. The van der Waals surface area contributed by atoms with Crippen LogP contribution in [0, 0.1) is 12.8 Å². The monoisotopic (exact) mass is 482 g/mol. The highest BCUT2D eigenvalue weighted by Crippen LogP contribution is 2.35. The Hall–Kier alpha value is -3.79. The molecule has 2 unspecified atom stereocenters. The molecule has 0 saturated carbocycles. The second-order valence-corrected chi connectivity index (χ2v) is 8.09. The van der Waals surface area contributed by atoms with Gasteiger partial charge in [-0.15, -0.1) is 0 Å². The predicted molar refractivity (Wildman–Crippen MR) is 129 cm³/mol. The van der Waals surface area contributed by atoms with Crippen molar-refractivity contribution in [1.29, 1.82) is 0 Å². The van der Waals surface area contributed by atoms with Crippen LogP contribution in [0.3, 0.4) is 0 Å². The maximum absolute atomic E-state index is 13.8. The number of carbonyl (C=O) groups is 4. The summed E-state index contributed by atoms with van der Waals surface area (Å²) in [6.07, 6.45) is 4.31. The molecule has 35 heavy (non-hydrogen) atoms. The van der Waals surface area contributed by atoms with Gasteiger partial charge in [0.15, 0.2) is 0 Å². The van der Waals surface area contributed by atoms with Crippen molar-refractivity contribution >= 4 is 41.7 Å². The number of benzene rings is 1. The maximum Gasteiger partial charge on any atom is 0.330 e. The molecule has 1 N–H and O–H groups in total. The second-order valence-electron chi connectivity index (χ2n) is 8.09. The Morgan fingerprint density at radius 3 is 2.69 bits per heavy atom. The summed E-state index contributed by atoms with van der Waals surface area (Å²) < 4.78 is 6.75. The molecule has 1 aromatic heterocycles. The summed E-state index contributed by atoms with van der Waals surface area (Å²) in [7, 11) is 1.88. The van der Waals surface area contributed by atoms with Crippen molar-refractivity contribution in [3.8, 4) is 0 Å². The molecule has 1 amide bonds. The number of aryl methyl sites for hydroxylation is 1. The van der Waals surface area contributed by atoms with Gasteiger partial charge in [-0.1, -0.05) is 18.2 Å². The van der Waals surface area contributed by atoms with E-state index in [4.69, 9.17) is 9.57 Å². The highest BCUT2D eigenvalue weighted by molar-refractivity contribution is 6.11. The highest BCUT2D eigenvalue weighted by Gasteiger charge is 2.40. The van der Waals surface area contributed by atoms with Crippen LogP contribution in [0.5, 0.6) is 0 Å². The number of aromatic nitrogens is 1. The number of esters is 1. The lowest BCUT2D eigenvalue weighted by Gasteiger charge is -2.26. The molecule has 0 fully saturated rings.